The number of nitrogens with zero attached hydrogens (tertiary/aromatic N) is 1. The Bertz CT molecular complexity index is 1230. The molecule has 3 atom stereocenters. The summed E-state index contributed by atoms with van der Waals surface area (Å²) in [5.41, 5.74) is 3.00. The first-order valence-electron chi connectivity index (χ1n) is 11.2. The van der Waals surface area contributed by atoms with Crippen molar-refractivity contribution in [3.63, 3.8) is 0 Å². The van der Waals surface area contributed by atoms with Gasteiger partial charge < -0.3 is 19.7 Å². The van der Waals surface area contributed by atoms with Gasteiger partial charge in [-0.25, -0.2) is 0 Å². The van der Waals surface area contributed by atoms with Crippen LogP contribution in [-0.4, -0.2) is 49.1 Å². The van der Waals surface area contributed by atoms with Crippen LogP contribution in [0.4, 0.5) is 0 Å². The normalized spacial score (nSPS) is 22.7. The number of hydrogen-bond donors (Lipinski definition) is 1. The largest absolute Gasteiger partial charge is 0.485 e. The monoisotopic (exact) mass is 480 g/mol. The first kappa shape index (κ1) is 20.7. The molecule has 2 fully saturated rings. The van der Waals surface area contributed by atoms with Gasteiger partial charge in [-0.1, -0.05) is 29.8 Å². The summed E-state index contributed by atoms with van der Waals surface area (Å²) < 4.78 is 11.2. The Morgan fingerprint density at radius 1 is 1.18 bits per heavy atom. The Morgan fingerprint density at radius 2 is 2.06 bits per heavy atom. The van der Waals surface area contributed by atoms with Crippen molar-refractivity contribution in [3.05, 3.63) is 57.1 Å². The molecule has 6 nitrogen and oxygen atoms in total. The predicted octanol–water partition coefficient (Wildman–Crippen LogP) is 4.45. The quantitative estimate of drug-likeness (QED) is 0.586. The van der Waals surface area contributed by atoms with E-state index in [-0.39, 0.29) is 17.9 Å². The molecule has 0 radical (unpaired) electrons. The predicted molar refractivity (Wildman–Crippen MR) is 129 cm³/mol. The van der Waals surface area contributed by atoms with Crippen LogP contribution in [0.2, 0.25) is 0 Å². The maximum atomic E-state index is 13.6. The van der Waals surface area contributed by atoms with Crippen LogP contribution in [0, 0.1) is 18.8 Å². The fourth-order valence-corrected chi connectivity index (χ4v) is 6.74. The molecule has 1 N–H and O–H groups in total. The molecular formula is C25H24N2O4S2. The molecule has 1 saturated heterocycles. The zero-order chi connectivity index (χ0) is 22.5. The number of nitrogens with one attached hydrogen (secondary N) is 1. The summed E-state index contributed by atoms with van der Waals surface area (Å²) in [4.78, 5) is 30.0. The third-order valence-corrected chi connectivity index (χ3v) is 8.62. The minimum absolute atomic E-state index is 0.0182. The highest BCUT2D eigenvalue weighted by Crippen LogP contribution is 2.50. The van der Waals surface area contributed by atoms with E-state index in [4.69, 9.17) is 9.47 Å². The molecule has 2 amide bonds. The second-order valence-corrected chi connectivity index (χ2v) is 10.7. The third-order valence-electron chi connectivity index (χ3n) is 6.72. The summed E-state index contributed by atoms with van der Waals surface area (Å²) >= 11 is 2.93. The van der Waals surface area contributed by atoms with E-state index < -0.39 is 0 Å². The number of carbonyl (C=O) groups excluding carboxylic acids is 2. The molecule has 170 valence electrons. The van der Waals surface area contributed by atoms with Crippen LogP contribution < -0.4 is 14.8 Å². The summed E-state index contributed by atoms with van der Waals surface area (Å²) in [5, 5.41) is 6.86. The molecule has 2 aromatic heterocycles. The second-order valence-electron chi connectivity index (χ2n) is 8.88. The van der Waals surface area contributed by atoms with Gasteiger partial charge in [0.25, 0.3) is 11.8 Å². The van der Waals surface area contributed by atoms with Crippen molar-refractivity contribution in [2.75, 3.05) is 26.3 Å². The molecule has 0 unspecified atom stereocenters. The number of benzene rings is 1. The van der Waals surface area contributed by atoms with Crippen molar-refractivity contribution >= 4 is 34.5 Å². The summed E-state index contributed by atoms with van der Waals surface area (Å²) in [6, 6.07) is 10.2. The Kier molecular flexibility index (Phi) is 5.14. The molecule has 2 aliphatic heterocycles. The van der Waals surface area contributed by atoms with Gasteiger partial charge in [0, 0.05) is 23.3 Å². The number of hydrogen-bond acceptors (Lipinski definition) is 6. The van der Waals surface area contributed by atoms with Crippen LogP contribution in [0.5, 0.6) is 11.5 Å². The van der Waals surface area contributed by atoms with Crippen molar-refractivity contribution < 1.29 is 19.1 Å². The average Bonchev–Trinajstić information content (AvgIpc) is 3.20. The van der Waals surface area contributed by atoms with Crippen LogP contribution in [0.25, 0.3) is 10.4 Å². The number of piperidine rings is 1. The third kappa shape index (κ3) is 3.71. The van der Waals surface area contributed by atoms with Gasteiger partial charge in [0.05, 0.1) is 11.6 Å². The van der Waals surface area contributed by atoms with Gasteiger partial charge in [0.2, 0.25) is 0 Å². The Hall–Kier alpha value is -2.84. The number of ether oxygens (including phenoxy) is 2. The lowest BCUT2D eigenvalue weighted by Crippen LogP contribution is -2.45. The average molecular weight is 481 g/mol. The van der Waals surface area contributed by atoms with E-state index in [1.165, 1.54) is 16.9 Å². The van der Waals surface area contributed by atoms with Crippen LogP contribution in [0.15, 0.2) is 41.1 Å². The number of rotatable bonds is 5. The summed E-state index contributed by atoms with van der Waals surface area (Å²) in [6.07, 6.45) is 1.13. The highest BCUT2D eigenvalue weighted by atomic mass is 32.1. The van der Waals surface area contributed by atoms with Gasteiger partial charge >= 0.3 is 0 Å². The van der Waals surface area contributed by atoms with Gasteiger partial charge in [-0.15, -0.1) is 22.7 Å². The molecule has 1 saturated carbocycles. The number of aryl methyl sites for hydroxylation is 1. The minimum Gasteiger partial charge on any atom is -0.485 e. The second kappa shape index (κ2) is 8.18. The van der Waals surface area contributed by atoms with Crippen molar-refractivity contribution in [2.45, 2.75) is 19.4 Å². The number of amides is 2. The molecule has 4 heterocycles. The molecular weight excluding hydrogens is 456 g/mol. The molecule has 3 aliphatic rings. The zero-order valence-corrected chi connectivity index (χ0v) is 19.8. The van der Waals surface area contributed by atoms with E-state index in [1.807, 2.05) is 27.8 Å². The fourth-order valence-electron chi connectivity index (χ4n) is 5.01. The standard InChI is InChI=1S/C25H24N2O4S2/c1-14-3-2-4-15(9-14)22-17(5-8-32-22)25(29)27-12-16-10-18(16)19(27)11-26-24(28)23-21-20(13-33-23)30-6-7-31-21/h2-5,8-9,13,16,18-19H,6-7,10-12H2,1H3,(H,26,28)/t16-,18-,19+/m0/s1. The van der Waals surface area contributed by atoms with E-state index in [2.05, 4.69) is 30.4 Å². The highest BCUT2D eigenvalue weighted by molar-refractivity contribution is 7.14. The van der Waals surface area contributed by atoms with E-state index >= 15 is 0 Å². The number of fused-ring (bicyclic) bond motifs is 2. The van der Waals surface area contributed by atoms with E-state index in [0.29, 0.717) is 48.0 Å². The van der Waals surface area contributed by atoms with Crippen LogP contribution in [0.3, 0.4) is 0 Å². The number of thiophene rings is 2. The number of likely N-dealkylation sites (tertiary alicyclic amines) is 1. The smallest absolute Gasteiger partial charge is 0.265 e. The Labute approximate surface area is 200 Å². The first-order chi connectivity index (χ1) is 16.1. The maximum Gasteiger partial charge on any atom is 0.265 e. The van der Waals surface area contributed by atoms with Crippen LogP contribution >= 0.6 is 22.7 Å². The van der Waals surface area contributed by atoms with E-state index in [0.717, 1.165) is 29.0 Å². The van der Waals surface area contributed by atoms with Crippen LogP contribution in [-0.2, 0) is 0 Å². The Balaban J connectivity index is 1.19. The van der Waals surface area contributed by atoms with Crippen molar-refractivity contribution in [2.24, 2.45) is 11.8 Å². The molecule has 0 bridgehead atoms. The summed E-state index contributed by atoms with van der Waals surface area (Å²) in [6.45, 7) is 4.22. The summed E-state index contributed by atoms with van der Waals surface area (Å²) in [7, 11) is 0. The maximum absolute atomic E-state index is 13.6. The fraction of sp³-hybridized carbons (Fsp3) is 0.360. The van der Waals surface area contributed by atoms with Gasteiger partial charge in [-0.05, 0) is 42.2 Å². The SMILES string of the molecule is Cc1cccc(-c2sccc2C(=O)N2C[C@@H]3C[C@@H]3[C@H]2CNC(=O)c2scc3c2OCCO3)c1. The molecule has 8 heteroatoms. The lowest BCUT2D eigenvalue weighted by atomic mass is 10.1. The Morgan fingerprint density at radius 3 is 2.94 bits per heavy atom. The molecule has 33 heavy (non-hydrogen) atoms. The molecule has 0 spiro atoms. The van der Waals surface area contributed by atoms with Gasteiger partial charge in [0.15, 0.2) is 11.5 Å². The van der Waals surface area contributed by atoms with E-state index in [9.17, 15) is 9.59 Å². The lowest BCUT2D eigenvalue weighted by Gasteiger charge is -2.28. The van der Waals surface area contributed by atoms with Gasteiger partial charge in [0.1, 0.15) is 18.1 Å². The van der Waals surface area contributed by atoms with E-state index in [1.54, 1.807) is 11.3 Å². The molecule has 6 rings (SSSR count). The van der Waals surface area contributed by atoms with Crippen molar-refractivity contribution in [1.82, 2.24) is 10.2 Å². The lowest BCUT2D eigenvalue weighted by molar-refractivity contribution is 0.0696. The first-order valence-corrected chi connectivity index (χ1v) is 13.0. The topological polar surface area (TPSA) is 67.9 Å². The zero-order valence-electron chi connectivity index (χ0n) is 18.2. The van der Waals surface area contributed by atoms with Gasteiger partial charge in [-0.3, -0.25) is 9.59 Å². The van der Waals surface area contributed by atoms with Gasteiger partial charge in [-0.2, -0.15) is 0 Å². The highest BCUT2D eigenvalue weighted by Gasteiger charge is 2.54. The minimum atomic E-state index is -0.167. The molecule has 3 aromatic rings. The number of carbonyl (C=O) groups is 2. The molecule has 1 aromatic carbocycles. The van der Waals surface area contributed by atoms with Crippen molar-refractivity contribution in [3.8, 4) is 21.9 Å². The van der Waals surface area contributed by atoms with Crippen molar-refractivity contribution in [1.29, 1.82) is 0 Å². The van der Waals surface area contributed by atoms with Crippen LogP contribution in [0.1, 0.15) is 32.0 Å². The molecule has 1 aliphatic carbocycles. The summed E-state index contributed by atoms with van der Waals surface area (Å²) in [5.74, 6) is 2.07.